The van der Waals surface area contributed by atoms with Crippen molar-refractivity contribution >= 4 is 5.91 Å². The van der Waals surface area contributed by atoms with E-state index >= 15 is 0 Å². The van der Waals surface area contributed by atoms with E-state index in [9.17, 15) is 4.79 Å². The number of carbonyl (C=O) groups excluding carboxylic acids is 1. The highest BCUT2D eigenvalue weighted by atomic mass is 16.2. The molecular weight excluding hydrogens is 176 g/mol. The Hall–Kier alpha value is -0.570. The Morgan fingerprint density at radius 1 is 1.57 bits per heavy atom. The SMILES string of the molecule is CCCC1(C(=O)NC(C)C)CCCN1. The molecular formula is C11H22N2O. The summed E-state index contributed by atoms with van der Waals surface area (Å²) in [7, 11) is 0. The van der Waals surface area contributed by atoms with Gasteiger partial charge >= 0.3 is 0 Å². The average Bonchev–Trinajstić information content (AvgIpc) is 2.53. The van der Waals surface area contributed by atoms with Crippen LogP contribution in [0, 0.1) is 0 Å². The van der Waals surface area contributed by atoms with Crippen LogP contribution >= 0.6 is 0 Å². The molecule has 0 aliphatic carbocycles. The fraction of sp³-hybridized carbons (Fsp3) is 0.909. The summed E-state index contributed by atoms with van der Waals surface area (Å²) in [6.07, 6.45) is 4.11. The van der Waals surface area contributed by atoms with Gasteiger partial charge in [0.1, 0.15) is 0 Å². The molecule has 2 N–H and O–H groups in total. The highest BCUT2D eigenvalue weighted by molar-refractivity contribution is 5.86. The van der Waals surface area contributed by atoms with Gasteiger partial charge in [-0.15, -0.1) is 0 Å². The molecule has 1 rings (SSSR count). The number of hydrogen-bond acceptors (Lipinski definition) is 2. The van der Waals surface area contributed by atoms with Crippen LogP contribution in [0.5, 0.6) is 0 Å². The highest BCUT2D eigenvalue weighted by Crippen LogP contribution is 2.24. The molecule has 0 bridgehead atoms. The molecule has 1 amide bonds. The van der Waals surface area contributed by atoms with Crippen LogP contribution < -0.4 is 10.6 Å². The third-order valence-electron chi connectivity index (χ3n) is 2.77. The van der Waals surface area contributed by atoms with Crippen LogP contribution in [0.25, 0.3) is 0 Å². The molecule has 0 spiro atoms. The largest absolute Gasteiger partial charge is 0.352 e. The van der Waals surface area contributed by atoms with Crippen LogP contribution in [0.3, 0.4) is 0 Å². The minimum atomic E-state index is -0.265. The molecule has 0 aromatic rings. The highest BCUT2D eigenvalue weighted by Gasteiger charge is 2.39. The van der Waals surface area contributed by atoms with Crippen molar-refractivity contribution in [1.82, 2.24) is 10.6 Å². The zero-order valence-electron chi connectivity index (χ0n) is 9.52. The molecule has 14 heavy (non-hydrogen) atoms. The maximum atomic E-state index is 12.0. The van der Waals surface area contributed by atoms with Crippen molar-refractivity contribution in [3.05, 3.63) is 0 Å². The molecule has 0 aromatic carbocycles. The Morgan fingerprint density at radius 2 is 2.29 bits per heavy atom. The predicted molar refractivity (Wildman–Crippen MR) is 58.2 cm³/mol. The lowest BCUT2D eigenvalue weighted by Crippen LogP contribution is -2.54. The van der Waals surface area contributed by atoms with E-state index in [2.05, 4.69) is 17.6 Å². The first-order valence-electron chi connectivity index (χ1n) is 5.67. The van der Waals surface area contributed by atoms with Crippen molar-refractivity contribution in [2.75, 3.05) is 6.54 Å². The maximum Gasteiger partial charge on any atom is 0.240 e. The van der Waals surface area contributed by atoms with Gasteiger partial charge in [-0.2, -0.15) is 0 Å². The lowest BCUT2D eigenvalue weighted by Gasteiger charge is -2.28. The normalized spacial score (nSPS) is 26.9. The molecule has 3 heteroatoms. The Bertz CT molecular complexity index is 195. The van der Waals surface area contributed by atoms with E-state index in [1.807, 2.05) is 13.8 Å². The summed E-state index contributed by atoms with van der Waals surface area (Å²) in [5.41, 5.74) is -0.265. The summed E-state index contributed by atoms with van der Waals surface area (Å²) in [6, 6.07) is 0.235. The topological polar surface area (TPSA) is 41.1 Å². The standard InChI is InChI=1S/C11H22N2O/c1-4-6-11(7-5-8-12-11)10(14)13-9(2)3/h9,12H,4-8H2,1-3H3,(H,13,14). The van der Waals surface area contributed by atoms with E-state index in [0.717, 1.165) is 32.2 Å². The molecule has 1 heterocycles. The summed E-state index contributed by atoms with van der Waals surface area (Å²) in [6.45, 7) is 7.12. The minimum Gasteiger partial charge on any atom is -0.352 e. The molecule has 1 fully saturated rings. The van der Waals surface area contributed by atoms with Crippen LogP contribution in [0.1, 0.15) is 46.5 Å². The molecule has 1 aliphatic heterocycles. The molecule has 1 aliphatic rings. The third kappa shape index (κ3) is 2.47. The van der Waals surface area contributed by atoms with E-state index < -0.39 is 0 Å². The van der Waals surface area contributed by atoms with Crippen LogP contribution in [0.4, 0.5) is 0 Å². The second-order valence-electron chi connectivity index (χ2n) is 4.49. The lowest BCUT2D eigenvalue weighted by molar-refractivity contribution is -0.128. The molecule has 0 radical (unpaired) electrons. The average molecular weight is 198 g/mol. The summed E-state index contributed by atoms with van der Waals surface area (Å²) < 4.78 is 0. The van der Waals surface area contributed by atoms with E-state index in [1.54, 1.807) is 0 Å². The first-order valence-corrected chi connectivity index (χ1v) is 5.67. The van der Waals surface area contributed by atoms with E-state index in [4.69, 9.17) is 0 Å². The van der Waals surface area contributed by atoms with Gasteiger partial charge in [-0.3, -0.25) is 4.79 Å². The van der Waals surface area contributed by atoms with Gasteiger partial charge in [0.05, 0.1) is 5.54 Å². The van der Waals surface area contributed by atoms with Gasteiger partial charge in [0.25, 0.3) is 0 Å². The van der Waals surface area contributed by atoms with Crippen LogP contribution in [0.15, 0.2) is 0 Å². The predicted octanol–water partition coefficient (Wildman–Crippen LogP) is 1.43. The van der Waals surface area contributed by atoms with Crippen LogP contribution in [0.2, 0.25) is 0 Å². The van der Waals surface area contributed by atoms with Crippen LogP contribution in [-0.4, -0.2) is 24.0 Å². The molecule has 3 nitrogen and oxygen atoms in total. The number of hydrogen-bond donors (Lipinski definition) is 2. The first kappa shape index (κ1) is 11.5. The monoisotopic (exact) mass is 198 g/mol. The molecule has 0 saturated carbocycles. The summed E-state index contributed by atoms with van der Waals surface area (Å²) in [5.74, 6) is 0.187. The van der Waals surface area contributed by atoms with E-state index in [-0.39, 0.29) is 17.5 Å². The van der Waals surface area contributed by atoms with Crippen molar-refractivity contribution in [1.29, 1.82) is 0 Å². The van der Waals surface area contributed by atoms with Gasteiger partial charge in [-0.1, -0.05) is 13.3 Å². The van der Waals surface area contributed by atoms with Crippen molar-refractivity contribution in [3.63, 3.8) is 0 Å². The number of carbonyl (C=O) groups is 1. The van der Waals surface area contributed by atoms with Gasteiger partial charge in [0.15, 0.2) is 0 Å². The summed E-state index contributed by atoms with van der Waals surface area (Å²) >= 11 is 0. The molecule has 1 unspecified atom stereocenters. The molecule has 82 valence electrons. The van der Waals surface area contributed by atoms with Gasteiger partial charge in [-0.05, 0) is 39.7 Å². The van der Waals surface area contributed by atoms with Crippen LogP contribution in [-0.2, 0) is 4.79 Å². The number of nitrogens with one attached hydrogen (secondary N) is 2. The second kappa shape index (κ2) is 4.78. The second-order valence-corrected chi connectivity index (χ2v) is 4.49. The Morgan fingerprint density at radius 3 is 2.71 bits per heavy atom. The fourth-order valence-corrected chi connectivity index (χ4v) is 2.15. The van der Waals surface area contributed by atoms with Gasteiger partial charge in [-0.25, -0.2) is 0 Å². The summed E-state index contributed by atoms with van der Waals surface area (Å²) in [5, 5.41) is 6.37. The van der Waals surface area contributed by atoms with Crippen molar-refractivity contribution in [2.24, 2.45) is 0 Å². The van der Waals surface area contributed by atoms with Gasteiger partial charge < -0.3 is 10.6 Å². The zero-order chi connectivity index (χ0) is 10.6. The number of rotatable bonds is 4. The molecule has 0 aromatic heterocycles. The molecule has 1 saturated heterocycles. The van der Waals surface area contributed by atoms with E-state index in [0.29, 0.717) is 0 Å². The smallest absolute Gasteiger partial charge is 0.240 e. The van der Waals surface area contributed by atoms with Crippen molar-refractivity contribution in [2.45, 2.75) is 58.0 Å². The maximum absolute atomic E-state index is 12.0. The minimum absolute atomic E-state index is 0.187. The third-order valence-corrected chi connectivity index (χ3v) is 2.77. The lowest BCUT2D eigenvalue weighted by atomic mass is 9.90. The van der Waals surface area contributed by atoms with Crippen molar-refractivity contribution in [3.8, 4) is 0 Å². The summed E-state index contributed by atoms with van der Waals surface area (Å²) in [4.78, 5) is 12.0. The Balaban J connectivity index is 2.62. The quantitative estimate of drug-likeness (QED) is 0.717. The zero-order valence-corrected chi connectivity index (χ0v) is 9.52. The van der Waals surface area contributed by atoms with Gasteiger partial charge in [0, 0.05) is 6.04 Å². The van der Waals surface area contributed by atoms with Crippen molar-refractivity contribution < 1.29 is 4.79 Å². The number of amides is 1. The van der Waals surface area contributed by atoms with Gasteiger partial charge in [0.2, 0.25) is 5.91 Å². The Kier molecular flexibility index (Phi) is 3.93. The first-order chi connectivity index (χ1) is 6.60. The molecule has 1 atom stereocenters. The fourth-order valence-electron chi connectivity index (χ4n) is 2.15. The Labute approximate surface area is 86.6 Å². The van der Waals surface area contributed by atoms with E-state index in [1.165, 1.54) is 0 Å².